The molecule has 0 amide bonds. The Labute approximate surface area is 189 Å². The van der Waals surface area contributed by atoms with E-state index < -0.39 is 16.2 Å². The zero-order valence-corrected chi connectivity index (χ0v) is 19.2. The summed E-state index contributed by atoms with van der Waals surface area (Å²) in [6.45, 7) is 3.85. The summed E-state index contributed by atoms with van der Waals surface area (Å²) >= 11 is 0. The highest BCUT2D eigenvalue weighted by molar-refractivity contribution is 8.22. The smallest absolute Gasteiger partial charge is 0.144 e. The van der Waals surface area contributed by atoms with E-state index in [1.165, 1.54) is 6.33 Å². The van der Waals surface area contributed by atoms with Gasteiger partial charge >= 0.3 is 0 Å². The number of anilines is 1. The Kier molecular flexibility index (Phi) is 6.04. The van der Waals surface area contributed by atoms with Crippen molar-refractivity contribution in [1.29, 1.82) is 5.26 Å². The highest BCUT2D eigenvalue weighted by atomic mass is 32.3. The Morgan fingerprint density at radius 2 is 1.97 bits per heavy atom. The fourth-order valence-electron chi connectivity index (χ4n) is 4.80. The molecule has 1 heterocycles. The summed E-state index contributed by atoms with van der Waals surface area (Å²) in [6, 6.07) is 5.74. The molecule has 0 unspecified atom stereocenters. The molecular formula is C22H30N6O3S. The standard InChI is InChI=1S/C22H30N6O3S/c1-22(2)11-16-15(19-18(22)21(25)27-12-26-19)7-8-17(20(16)32(29,30)28-10-9-23)31-14-5-3-13(24)4-6-14/h7-8,12-14,28-30H,3-6,10-11,24H2,1-2H3,(H2,25,26,27). The lowest BCUT2D eigenvalue weighted by Crippen LogP contribution is -2.33. The Morgan fingerprint density at radius 1 is 1.25 bits per heavy atom. The number of nitrogens with one attached hydrogen (secondary N) is 1. The average Bonchev–Trinajstić information content (AvgIpc) is 2.73. The average molecular weight is 459 g/mol. The summed E-state index contributed by atoms with van der Waals surface area (Å²) in [5, 5.41) is 9.02. The first kappa shape index (κ1) is 22.8. The van der Waals surface area contributed by atoms with Crippen molar-refractivity contribution in [2.75, 3.05) is 12.3 Å². The third-order valence-corrected chi connectivity index (χ3v) is 7.86. The molecule has 9 nitrogen and oxygen atoms in total. The van der Waals surface area contributed by atoms with Crippen LogP contribution < -0.4 is 20.9 Å². The molecule has 1 aromatic carbocycles. The van der Waals surface area contributed by atoms with Crippen molar-refractivity contribution >= 4 is 16.6 Å². The topological polar surface area (TPSA) is 163 Å². The summed E-state index contributed by atoms with van der Waals surface area (Å²) in [4.78, 5) is 8.93. The van der Waals surface area contributed by atoms with Crippen LogP contribution in [0.2, 0.25) is 0 Å². The van der Waals surface area contributed by atoms with Gasteiger partial charge in [0.05, 0.1) is 17.9 Å². The lowest BCUT2D eigenvalue weighted by Gasteiger charge is -2.41. The van der Waals surface area contributed by atoms with Gasteiger partial charge in [0.1, 0.15) is 29.3 Å². The van der Waals surface area contributed by atoms with Crippen molar-refractivity contribution in [3.05, 3.63) is 29.6 Å². The molecule has 7 N–H and O–H groups in total. The summed E-state index contributed by atoms with van der Waals surface area (Å²) in [5.41, 5.74) is 14.8. The molecule has 1 saturated carbocycles. The molecule has 0 aliphatic heterocycles. The van der Waals surface area contributed by atoms with E-state index in [1.807, 2.05) is 26.0 Å². The van der Waals surface area contributed by atoms with E-state index in [4.69, 9.17) is 21.5 Å². The Hall–Kier alpha value is -2.42. The van der Waals surface area contributed by atoms with E-state index in [0.717, 1.165) is 42.4 Å². The molecule has 2 aliphatic carbocycles. The number of hydrogen-bond acceptors (Lipinski definition) is 9. The molecule has 32 heavy (non-hydrogen) atoms. The number of benzene rings is 1. The second kappa shape index (κ2) is 8.50. The predicted molar refractivity (Wildman–Crippen MR) is 124 cm³/mol. The van der Waals surface area contributed by atoms with Crippen molar-refractivity contribution in [2.24, 2.45) is 5.73 Å². The van der Waals surface area contributed by atoms with Gasteiger partial charge in [-0.3, -0.25) is 9.11 Å². The quantitative estimate of drug-likeness (QED) is 0.423. The normalized spacial score (nSPS) is 22.4. The highest BCUT2D eigenvalue weighted by Gasteiger charge is 2.39. The second-order valence-electron chi connectivity index (χ2n) is 9.14. The van der Waals surface area contributed by atoms with Gasteiger partial charge in [-0.2, -0.15) is 5.26 Å². The monoisotopic (exact) mass is 458 g/mol. The highest BCUT2D eigenvalue weighted by Crippen LogP contribution is 2.56. The molecule has 10 heteroatoms. The number of nitrogens with zero attached hydrogens (tertiary/aromatic N) is 3. The maximum absolute atomic E-state index is 11.1. The zero-order valence-electron chi connectivity index (χ0n) is 18.3. The van der Waals surface area contributed by atoms with E-state index in [0.29, 0.717) is 23.7 Å². The van der Waals surface area contributed by atoms with Gasteiger partial charge in [0, 0.05) is 17.2 Å². The lowest BCUT2D eigenvalue weighted by atomic mass is 9.72. The number of nitrogens with two attached hydrogens (primary N) is 2. The van der Waals surface area contributed by atoms with Gasteiger partial charge in [-0.05, 0) is 55.2 Å². The van der Waals surface area contributed by atoms with Gasteiger partial charge in [0.2, 0.25) is 0 Å². The number of rotatable bonds is 5. The molecule has 2 aliphatic rings. The molecule has 172 valence electrons. The second-order valence-corrected chi connectivity index (χ2v) is 10.9. The first-order valence-corrected chi connectivity index (χ1v) is 12.3. The summed E-state index contributed by atoms with van der Waals surface area (Å²) in [6.07, 6.45) is 5.19. The molecule has 0 spiro atoms. The molecule has 2 aromatic rings. The molecule has 0 atom stereocenters. The summed E-state index contributed by atoms with van der Waals surface area (Å²) in [5.74, 6) is 0.830. The molecule has 0 radical (unpaired) electrons. The summed E-state index contributed by atoms with van der Waals surface area (Å²) < 4.78 is 31.1. The van der Waals surface area contributed by atoms with E-state index in [1.54, 1.807) is 6.07 Å². The van der Waals surface area contributed by atoms with E-state index >= 15 is 0 Å². The van der Waals surface area contributed by atoms with Crippen molar-refractivity contribution in [3.63, 3.8) is 0 Å². The first-order chi connectivity index (χ1) is 15.1. The van der Waals surface area contributed by atoms with Crippen molar-refractivity contribution in [3.8, 4) is 23.1 Å². The maximum Gasteiger partial charge on any atom is 0.144 e. The van der Waals surface area contributed by atoms with Gasteiger partial charge in [-0.1, -0.05) is 13.8 Å². The van der Waals surface area contributed by atoms with Crippen molar-refractivity contribution in [1.82, 2.24) is 14.7 Å². The number of fused-ring (bicyclic) bond motifs is 3. The Balaban J connectivity index is 1.86. The van der Waals surface area contributed by atoms with Crippen LogP contribution in [-0.2, 0) is 11.8 Å². The molecule has 1 fully saturated rings. The number of hydrogen-bond donors (Lipinski definition) is 5. The molecule has 4 rings (SSSR count). The van der Waals surface area contributed by atoms with Crippen LogP contribution in [0.15, 0.2) is 23.4 Å². The molecule has 0 bridgehead atoms. The molecule has 0 saturated heterocycles. The van der Waals surface area contributed by atoms with Gasteiger partial charge in [-0.15, -0.1) is 10.8 Å². The lowest BCUT2D eigenvalue weighted by molar-refractivity contribution is 0.142. The van der Waals surface area contributed by atoms with Crippen molar-refractivity contribution < 1.29 is 13.8 Å². The number of nitrogen functional groups attached to an aromatic ring is 1. The van der Waals surface area contributed by atoms with E-state index in [9.17, 15) is 9.11 Å². The minimum absolute atomic E-state index is 0.0559. The minimum Gasteiger partial charge on any atom is -0.488 e. The molecular weight excluding hydrogens is 428 g/mol. The number of nitriles is 1. The van der Waals surface area contributed by atoms with Gasteiger partial charge < -0.3 is 16.2 Å². The largest absolute Gasteiger partial charge is 0.488 e. The fourth-order valence-corrected chi connectivity index (χ4v) is 6.13. The molecule has 1 aromatic heterocycles. The van der Waals surface area contributed by atoms with E-state index in [-0.39, 0.29) is 23.6 Å². The Bertz CT molecular complexity index is 1060. The van der Waals surface area contributed by atoms with Crippen LogP contribution in [0.25, 0.3) is 11.3 Å². The number of aromatic nitrogens is 2. The number of ether oxygens (including phenoxy) is 1. The van der Waals surface area contributed by atoms with E-state index in [2.05, 4.69) is 14.7 Å². The SMILES string of the molecule is CC1(C)Cc2c(ccc(OC3CCC(N)CC3)c2S(O)(O)NCC#N)-c2ncnc(N)c21. The third-order valence-electron chi connectivity index (χ3n) is 6.30. The van der Waals surface area contributed by atoms with Gasteiger partial charge in [0.15, 0.2) is 0 Å². The van der Waals surface area contributed by atoms with Crippen LogP contribution in [0.4, 0.5) is 5.82 Å². The summed E-state index contributed by atoms with van der Waals surface area (Å²) in [7, 11) is -3.52. The van der Waals surface area contributed by atoms with Gasteiger partial charge in [0.25, 0.3) is 0 Å². The first-order valence-electron chi connectivity index (χ1n) is 10.7. The van der Waals surface area contributed by atoms with Crippen LogP contribution >= 0.6 is 10.8 Å². The predicted octanol–water partition coefficient (Wildman–Crippen LogP) is 3.35. The maximum atomic E-state index is 11.1. The van der Waals surface area contributed by atoms with Crippen LogP contribution in [0.5, 0.6) is 5.75 Å². The van der Waals surface area contributed by atoms with Crippen LogP contribution in [-0.4, -0.2) is 37.8 Å². The van der Waals surface area contributed by atoms with Gasteiger partial charge in [-0.25, -0.2) is 14.7 Å². The minimum atomic E-state index is -3.52. The fraction of sp³-hybridized carbons (Fsp3) is 0.500. The van der Waals surface area contributed by atoms with Crippen LogP contribution in [0.3, 0.4) is 0 Å². The van der Waals surface area contributed by atoms with Crippen LogP contribution in [0, 0.1) is 11.3 Å². The Morgan fingerprint density at radius 3 is 2.66 bits per heavy atom. The van der Waals surface area contributed by atoms with Crippen LogP contribution in [0.1, 0.15) is 50.7 Å². The third kappa shape index (κ3) is 4.14. The van der Waals surface area contributed by atoms with Crippen molar-refractivity contribution in [2.45, 2.75) is 68.4 Å². The zero-order chi connectivity index (χ0) is 23.1.